The van der Waals surface area contributed by atoms with E-state index < -0.39 is 0 Å². The predicted molar refractivity (Wildman–Crippen MR) is 73.9 cm³/mol. The third kappa shape index (κ3) is 5.38. The SMILES string of the molecule is Cc1nc(I)cn1CCOC(=O)NC(C)(C)C. The summed E-state index contributed by atoms with van der Waals surface area (Å²) in [6.07, 6.45) is 1.55. The average molecular weight is 351 g/mol. The van der Waals surface area contributed by atoms with Gasteiger partial charge in [0.2, 0.25) is 0 Å². The lowest BCUT2D eigenvalue weighted by molar-refractivity contribution is 0.133. The quantitative estimate of drug-likeness (QED) is 0.851. The second kappa shape index (κ2) is 5.70. The summed E-state index contributed by atoms with van der Waals surface area (Å²) in [6.45, 7) is 8.63. The number of aryl methyl sites for hydroxylation is 1. The highest BCUT2D eigenvalue weighted by Crippen LogP contribution is 2.05. The van der Waals surface area contributed by atoms with E-state index >= 15 is 0 Å². The van der Waals surface area contributed by atoms with Crippen molar-refractivity contribution >= 4 is 28.7 Å². The Kier molecular flexibility index (Phi) is 4.79. The Morgan fingerprint density at radius 3 is 2.71 bits per heavy atom. The summed E-state index contributed by atoms with van der Waals surface area (Å²) in [7, 11) is 0. The molecule has 0 unspecified atom stereocenters. The topological polar surface area (TPSA) is 56.2 Å². The van der Waals surface area contributed by atoms with Gasteiger partial charge in [0.05, 0.1) is 6.54 Å². The van der Waals surface area contributed by atoms with Gasteiger partial charge in [0.15, 0.2) is 0 Å². The monoisotopic (exact) mass is 351 g/mol. The van der Waals surface area contributed by atoms with Crippen molar-refractivity contribution in [3.63, 3.8) is 0 Å². The van der Waals surface area contributed by atoms with Gasteiger partial charge in [-0.25, -0.2) is 9.78 Å². The van der Waals surface area contributed by atoms with Crippen LogP contribution in [-0.2, 0) is 11.3 Å². The smallest absolute Gasteiger partial charge is 0.407 e. The lowest BCUT2D eigenvalue weighted by atomic mass is 10.1. The van der Waals surface area contributed by atoms with Crippen LogP contribution in [0.15, 0.2) is 6.20 Å². The molecule has 0 atom stereocenters. The average Bonchev–Trinajstić information content (AvgIpc) is 2.42. The Morgan fingerprint density at radius 1 is 1.59 bits per heavy atom. The van der Waals surface area contributed by atoms with E-state index in [9.17, 15) is 4.79 Å². The number of halogens is 1. The van der Waals surface area contributed by atoms with Gasteiger partial charge in [-0.15, -0.1) is 0 Å². The zero-order valence-electron chi connectivity index (χ0n) is 10.6. The maximum atomic E-state index is 11.4. The first-order valence-electron chi connectivity index (χ1n) is 5.42. The second-order valence-corrected chi connectivity index (χ2v) is 5.92. The molecule has 0 aliphatic carbocycles. The van der Waals surface area contributed by atoms with Crippen molar-refractivity contribution in [2.75, 3.05) is 6.61 Å². The van der Waals surface area contributed by atoms with Gasteiger partial charge in [-0.05, 0) is 50.3 Å². The van der Waals surface area contributed by atoms with Gasteiger partial charge in [0, 0.05) is 11.7 Å². The standard InChI is InChI=1S/C11H18IN3O2/c1-8-13-9(12)7-15(8)5-6-17-10(16)14-11(2,3)4/h7H,5-6H2,1-4H3,(H,14,16). The molecule has 17 heavy (non-hydrogen) atoms. The highest BCUT2D eigenvalue weighted by molar-refractivity contribution is 14.1. The number of imidazole rings is 1. The summed E-state index contributed by atoms with van der Waals surface area (Å²) >= 11 is 2.16. The molecule has 5 nitrogen and oxygen atoms in total. The minimum Gasteiger partial charge on any atom is -0.448 e. The molecule has 0 aromatic carbocycles. The number of hydrogen-bond acceptors (Lipinski definition) is 3. The first-order valence-corrected chi connectivity index (χ1v) is 6.50. The van der Waals surface area contributed by atoms with Gasteiger partial charge in [-0.2, -0.15) is 0 Å². The van der Waals surface area contributed by atoms with E-state index in [1.165, 1.54) is 0 Å². The van der Waals surface area contributed by atoms with Crippen molar-refractivity contribution in [3.05, 3.63) is 15.7 Å². The van der Waals surface area contributed by atoms with Gasteiger partial charge < -0.3 is 14.6 Å². The van der Waals surface area contributed by atoms with Crippen LogP contribution in [0.4, 0.5) is 4.79 Å². The van der Waals surface area contributed by atoms with Gasteiger partial charge in [-0.3, -0.25) is 0 Å². The van der Waals surface area contributed by atoms with E-state index in [4.69, 9.17) is 4.74 Å². The van der Waals surface area contributed by atoms with E-state index in [0.29, 0.717) is 13.2 Å². The van der Waals surface area contributed by atoms with Crippen molar-refractivity contribution < 1.29 is 9.53 Å². The van der Waals surface area contributed by atoms with Crippen LogP contribution in [0.25, 0.3) is 0 Å². The number of ether oxygens (including phenoxy) is 1. The summed E-state index contributed by atoms with van der Waals surface area (Å²) in [5.41, 5.74) is -0.266. The third-order valence-corrected chi connectivity index (χ3v) is 2.51. The number of hydrogen-bond donors (Lipinski definition) is 1. The lowest BCUT2D eigenvalue weighted by Gasteiger charge is -2.20. The fraction of sp³-hybridized carbons (Fsp3) is 0.636. The van der Waals surface area contributed by atoms with Gasteiger partial charge in [0.1, 0.15) is 16.1 Å². The van der Waals surface area contributed by atoms with E-state index in [-0.39, 0.29) is 11.6 Å². The predicted octanol–water partition coefficient (Wildman–Crippen LogP) is 2.32. The van der Waals surface area contributed by atoms with Crippen LogP contribution in [0.3, 0.4) is 0 Å². The first kappa shape index (κ1) is 14.3. The van der Waals surface area contributed by atoms with Crippen molar-refractivity contribution in [2.45, 2.75) is 39.8 Å². The number of nitrogens with zero attached hydrogens (tertiary/aromatic N) is 2. The van der Waals surface area contributed by atoms with Crippen LogP contribution in [0.1, 0.15) is 26.6 Å². The van der Waals surface area contributed by atoms with E-state index in [0.717, 1.165) is 9.53 Å². The Hall–Kier alpha value is -0.790. The summed E-state index contributed by atoms with van der Waals surface area (Å²) < 4.78 is 7.99. The Bertz CT molecular complexity index is 396. The van der Waals surface area contributed by atoms with Crippen molar-refractivity contribution in [3.8, 4) is 0 Å². The largest absolute Gasteiger partial charge is 0.448 e. The molecule has 6 heteroatoms. The number of carbonyl (C=O) groups is 1. The van der Waals surface area contributed by atoms with Crippen LogP contribution in [0, 0.1) is 10.6 Å². The van der Waals surface area contributed by atoms with Gasteiger partial charge >= 0.3 is 6.09 Å². The van der Waals surface area contributed by atoms with Gasteiger partial charge in [0.25, 0.3) is 0 Å². The maximum absolute atomic E-state index is 11.4. The molecule has 1 N–H and O–H groups in total. The Morgan fingerprint density at radius 2 is 2.24 bits per heavy atom. The fourth-order valence-electron chi connectivity index (χ4n) is 1.27. The molecule has 0 radical (unpaired) electrons. The molecule has 0 spiro atoms. The van der Waals surface area contributed by atoms with Crippen LogP contribution in [-0.4, -0.2) is 27.8 Å². The minimum atomic E-state index is -0.384. The number of alkyl carbamates (subject to hydrolysis) is 1. The molecule has 1 aromatic heterocycles. The Labute approximate surface area is 115 Å². The van der Waals surface area contributed by atoms with Crippen molar-refractivity contribution in [1.82, 2.24) is 14.9 Å². The maximum Gasteiger partial charge on any atom is 0.407 e. The summed E-state index contributed by atoms with van der Waals surface area (Å²) in [5.74, 6) is 0.925. The molecule has 0 bridgehead atoms. The first-order chi connectivity index (χ1) is 7.78. The molecule has 0 aliphatic heterocycles. The Balaban J connectivity index is 2.33. The molecule has 0 saturated carbocycles. The van der Waals surface area contributed by atoms with Crippen LogP contribution >= 0.6 is 22.6 Å². The zero-order chi connectivity index (χ0) is 13.1. The molecule has 0 aliphatic rings. The molecule has 1 heterocycles. The highest BCUT2D eigenvalue weighted by atomic mass is 127. The van der Waals surface area contributed by atoms with Crippen LogP contribution < -0.4 is 5.32 Å². The molecule has 0 fully saturated rings. The molecular weight excluding hydrogens is 333 g/mol. The molecule has 1 aromatic rings. The summed E-state index contributed by atoms with van der Waals surface area (Å²) in [4.78, 5) is 15.6. The lowest BCUT2D eigenvalue weighted by Crippen LogP contribution is -2.41. The molecule has 96 valence electrons. The number of amides is 1. The zero-order valence-corrected chi connectivity index (χ0v) is 12.7. The van der Waals surface area contributed by atoms with E-state index in [2.05, 4.69) is 32.9 Å². The normalized spacial score (nSPS) is 11.4. The third-order valence-electron chi connectivity index (χ3n) is 1.99. The van der Waals surface area contributed by atoms with E-state index in [1.807, 2.05) is 38.5 Å². The van der Waals surface area contributed by atoms with Crippen LogP contribution in [0.5, 0.6) is 0 Å². The number of rotatable bonds is 3. The number of aromatic nitrogens is 2. The molecule has 1 rings (SSSR count). The van der Waals surface area contributed by atoms with Crippen molar-refractivity contribution in [2.24, 2.45) is 0 Å². The molecule has 0 saturated heterocycles. The summed E-state index contributed by atoms with van der Waals surface area (Å²) in [5, 5.41) is 2.74. The highest BCUT2D eigenvalue weighted by Gasteiger charge is 2.14. The number of nitrogens with one attached hydrogen (secondary N) is 1. The van der Waals surface area contributed by atoms with E-state index in [1.54, 1.807) is 0 Å². The van der Waals surface area contributed by atoms with Crippen LogP contribution in [0.2, 0.25) is 0 Å². The summed E-state index contributed by atoms with van der Waals surface area (Å²) in [6, 6.07) is 0. The van der Waals surface area contributed by atoms with Gasteiger partial charge in [-0.1, -0.05) is 0 Å². The molecular formula is C11H18IN3O2. The minimum absolute atomic E-state index is 0.266. The molecule has 1 amide bonds. The second-order valence-electron chi connectivity index (χ2n) is 4.82. The fourth-order valence-corrected chi connectivity index (χ4v) is 1.96. The number of carbonyl (C=O) groups excluding carboxylic acids is 1. The van der Waals surface area contributed by atoms with Crippen molar-refractivity contribution in [1.29, 1.82) is 0 Å².